The van der Waals surface area contributed by atoms with E-state index in [4.69, 9.17) is 0 Å². The van der Waals surface area contributed by atoms with Crippen LogP contribution in [0.3, 0.4) is 0 Å². The Morgan fingerprint density at radius 1 is 0.588 bits per heavy atom. The van der Waals surface area contributed by atoms with Crippen LogP contribution in [0.5, 0.6) is 0 Å². The standard InChI is InChI=1S/C33H32Si/c1-25-10-7-15-30(20-25)34(31-16-8-11-26(2)21-31,32-17-9-12-27(3)22-32)33-19-18-29(24-33)23-28-13-5-4-6-14-28/h4-22,24,33H,23H2,1-3H3. The lowest BCUT2D eigenvalue weighted by Crippen LogP contribution is -2.69. The van der Waals surface area contributed by atoms with Crippen molar-refractivity contribution >= 4 is 23.6 Å². The van der Waals surface area contributed by atoms with Crippen molar-refractivity contribution in [1.29, 1.82) is 0 Å². The third-order valence-corrected chi connectivity index (χ3v) is 12.1. The summed E-state index contributed by atoms with van der Waals surface area (Å²) >= 11 is 0. The Kier molecular flexibility index (Phi) is 6.21. The monoisotopic (exact) mass is 456 g/mol. The molecule has 1 unspecified atom stereocenters. The van der Waals surface area contributed by atoms with Gasteiger partial charge in [-0.2, -0.15) is 0 Å². The zero-order chi connectivity index (χ0) is 23.5. The first-order valence-electron chi connectivity index (χ1n) is 12.2. The van der Waals surface area contributed by atoms with Crippen LogP contribution in [0, 0.1) is 20.8 Å². The van der Waals surface area contributed by atoms with Crippen molar-refractivity contribution in [3.63, 3.8) is 0 Å². The fraction of sp³-hybridized carbons (Fsp3) is 0.152. The van der Waals surface area contributed by atoms with Gasteiger partial charge in [0, 0.05) is 5.54 Å². The summed E-state index contributed by atoms with van der Waals surface area (Å²) in [6, 6.07) is 38.6. The first-order valence-corrected chi connectivity index (χ1v) is 14.3. The van der Waals surface area contributed by atoms with Gasteiger partial charge < -0.3 is 0 Å². The molecule has 1 aliphatic rings. The quantitative estimate of drug-likeness (QED) is 0.240. The summed E-state index contributed by atoms with van der Waals surface area (Å²) in [4.78, 5) is 0. The summed E-state index contributed by atoms with van der Waals surface area (Å²) in [5, 5.41) is 4.45. The van der Waals surface area contributed by atoms with E-state index >= 15 is 0 Å². The van der Waals surface area contributed by atoms with Gasteiger partial charge in [-0.05, 0) is 53.9 Å². The van der Waals surface area contributed by atoms with Crippen molar-refractivity contribution in [2.24, 2.45) is 0 Å². The van der Waals surface area contributed by atoms with E-state index in [1.165, 1.54) is 43.4 Å². The zero-order valence-electron chi connectivity index (χ0n) is 20.3. The van der Waals surface area contributed by atoms with E-state index in [1.54, 1.807) is 0 Å². The Labute approximate surface area is 205 Å². The Balaban J connectivity index is 1.75. The maximum atomic E-state index is 2.56. The highest BCUT2D eigenvalue weighted by molar-refractivity contribution is 7.13. The fourth-order valence-electron chi connectivity index (χ4n) is 5.54. The average Bonchev–Trinajstić information content (AvgIpc) is 3.29. The number of benzene rings is 4. The highest BCUT2D eigenvalue weighted by Gasteiger charge is 2.45. The molecule has 0 nitrogen and oxygen atoms in total. The molecular formula is C33H32Si. The molecule has 4 aromatic carbocycles. The van der Waals surface area contributed by atoms with Crippen LogP contribution in [-0.4, -0.2) is 8.07 Å². The lowest BCUT2D eigenvalue weighted by atomic mass is 10.1. The average molecular weight is 457 g/mol. The molecule has 0 heterocycles. The van der Waals surface area contributed by atoms with Crippen molar-refractivity contribution in [2.45, 2.75) is 32.7 Å². The molecule has 0 aromatic heterocycles. The van der Waals surface area contributed by atoms with E-state index < -0.39 is 8.07 Å². The van der Waals surface area contributed by atoms with Crippen molar-refractivity contribution in [2.75, 3.05) is 0 Å². The van der Waals surface area contributed by atoms with Crippen LogP contribution in [0.25, 0.3) is 0 Å². The lowest BCUT2D eigenvalue weighted by Gasteiger charge is -2.38. The van der Waals surface area contributed by atoms with Gasteiger partial charge in [-0.15, -0.1) is 0 Å². The molecule has 0 radical (unpaired) electrons. The predicted molar refractivity (Wildman–Crippen MR) is 149 cm³/mol. The predicted octanol–water partition coefficient (Wildman–Crippen LogP) is 6.19. The van der Waals surface area contributed by atoms with Crippen LogP contribution in [0.1, 0.15) is 22.3 Å². The first kappa shape index (κ1) is 22.4. The Hall–Kier alpha value is -3.42. The second-order valence-corrected chi connectivity index (χ2v) is 13.7. The molecule has 0 fully saturated rings. The number of hydrogen-bond acceptors (Lipinski definition) is 0. The van der Waals surface area contributed by atoms with E-state index in [1.807, 2.05) is 0 Å². The molecule has 5 rings (SSSR count). The van der Waals surface area contributed by atoms with Gasteiger partial charge in [0.1, 0.15) is 0 Å². The van der Waals surface area contributed by atoms with Gasteiger partial charge in [-0.1, -0.05) is 138 Å². The van der Waals surface area contributed by atoms with Crippen LogP contribution in [0.4, 0.5) is 0 Å². The molecular weight excluding hydrogens is 424 g/mol. The van der Waals surface area contributed by atoms with E-state index in [0.29, 0.717) is 5.54 Å². The molecule has 34 heavy (non-hydrogen) atoms. The summed E-state index contributed by atoms with van der Waals surface area (Å²) in [6.07, 6.45) is 8.40. The van der Waals surface area contributed by atoms with Gasteiger partial charge in [0.2, 0.25) is 0 Å². The molecule has 1 aliphatic carbocycles. The summed E-state index contributed by atoms with van der Waals surface area (Å²) in [5.41, 5.74) is 7.12. The molecule has 0 spiro atoms. The molecule has 0 bridgehead atoms. The van der Waals surface area contributed by atoms with Crippen LogP contribution in [0.2, 0.25) is 5.54 Å². The number of rotatable bonds is 6. The van der Waals surface area contributed by atoms with Gasteiger partial charge >= 0.3 is 0 Å². The summed E-state index contributed by atoms with van der Waals surface area (Å²) in [7, 11) is -2.41. The van der Waals surface area contributed by atoms with Crippen molar-refractivity contribution < 1.29 is 0 Å². The molecule has 1 heteroatoms. The van der Waals surface area contributed by atoms with E-state index in [2.05, 4.69) is 142 Å². The summed E-state index contributed by atoms with van der Waals surface area (Å²) < 4.78 is 0. The largest absolute Gasteiger partial charge is 0.158 e. The Bertz CT molecular complexity index is 1250. The third-order valence-electron chi connectivity index (χ3n) is 7.08. The molecule has 1 atom stereocenters. The van der Waals surface area contributed by atoms with E-state index in [9.17, 15) is 0 Å². The highest BCUT2D eigenvalue weighted by Crippen LogP contribution is 2.33. The smallest absolute Gasteiger partial charge is 0.0790 e. The van der Waals surface area contributed by atoms with Crippen LogP contribution in [-0.2, 0) is 6.42 Å². The normalized spacial score (nSPS) is 15.4. The fourth-order valence-corrected chi connectivity index (χ4v) is 11.0. The number of aryl methyl sites for hydroxylation is 3. The number of hydrogen-bond donors (Lipinski definition) is 0. The van der Waals surface area contributed by atoms with Gasteiger partial charge in [-0.3, -0.25) is 0 Å². The molecule has 0 aliphatic heterocycles. The summed E-state index contributed by atoms with van der Waals surface area (Å²) in [6.45, 7) is 6.66. The second kappa shape index (κ2) is 9.44. The van der Waals surface area contributed by atoms with Crippen LogP contribution < -0.4 is 15.6 Å². The molecule has 0 amide bonds. The van der Waals surface area contributed by atoms with Crippen molar-refractivity contribution in [1.82, 2.24) is 0 Å². The van der Waals surface area contributed by atoms with Crippen molar-refractivity contribution in [3.8, 4) is 0 Å². The van der Waals surface area contributed by atoms with Crippen molar-refractivity contribution in [3.05, 3.63) is 149 Å². The molecule has 0 N–H and O–H groups in total. The molecule has 168 valence electrons. The van der Waals surface area contributed by atoms with Crippen LogP contribution >= 0.6 is 0 Å². The minimum atomic E-state index is -2.41. The van der Waals surface area contributed by atoms with E-state index in [0.717, 1.165) is 6.42 Å². The highest BCUT2D eigenvalue weighted by atomic mass is 28.3. The van der Waals surface area contributed by atoms with Gasteiger partial charge in [0.25, 0.3) is 0 Å². The molecule has 4 aromatic rings. The van der Waals surface area contributed by atoms with Gasteiger partial charge in [-0.25, -0.2) is 0 Å². The Morgan fingerprint density at radius 2 is 1.09 bits per heavy atom. The second-order valence-electron chi connectivity index (χ2n) is 9.71. The lowest BCUT2D eigenvalue weighted by molar-refractivity contribution is 1.19. The Morgan fingerprint density at radius 3 is 1.56 bits per heavy atom. The van der Waals surface area contributed by atoms with Gasteiger partial charge in [0.15, 0.2) is 8.07 Å². The summed E-state index contributed by atoms with van der Waals surface area (Å²) in [5.74, 6) is 0. The third kappa shape index (κ3) is 4.24. The topological polar surface area (TPSA) is 0 Å². The zero-order valence-corrected chi connectivity index (χ0v) is 21.3. The van der Waals surface area contributed by atoms with Gasteiger partial charge in [0.05, 0.1) is 0 Å². The molecule has 0 saturated carbocycles. The SMILES string of the molecule is Cc1cccc([Si](c2cccc(C)c2)(c2cccc(C)c2)C2C=CC(Cc3ccccc3)=C2)c1. The minimum Gasteiger partial charge on any atom is -0.0790 e. The maximum absolute atomic E-state index is 2.56. The molecule has 0 saturated heterocycles. The van der Waals surface area contributed by atoms with Crippen LogP contribution in [0.15, 0.2) is 127 Å². The van der Waals surface area contributed by atoms with E-state index in [-0.39, 0.29) is 0 Å². The first-order chi connectivity index (χ1) is 16.6. The minimum absolute atomic E-state index is 0.358. The number of allylic oxidation sites excluding steroid dienone is 4. The maximum Gasteiger partial charge on any atom is 0.158 e.